The number of ether oxygens (including phenoxy) is 2. The number of nitrogens with zero attached hydrogens (tertiary/aromatic N) is 2. The molecule has 2 aliphatic rings. The van der Waals surface area contributed by atoms with Crippen LogP contribution in [0.3, 0.4) is 0 Å². The Bertz CT molecular complexity index is 777. The summed E-state index contributed by atoms with van der Waals surface area (Å²) in [5.74, 6) is 2.36. The number of piperazine rings is 1. The summed E-state index contributed by atoms with van der Waals surface area (Å²) in [4.78, 5) is 16.5. The Morgan fingerprint density at radius 2 is 1.85 bits per heavy atom. The Hall–Kier alpha value is -2.73. The number of hydrogen-bond acceptors (Lipinski definition) is 5. The average Bonchev–Trinajstić information content (AvgIpc) is 3.20. The number of hydrogen-bond donors (Lipinski definition) is 0. The van der Waals surface area contributed by atoms with Gasteiger partial charge in [-0.3, -0.25) is 9.69 Å². The monoisotopic (exact) mass is 354 g/mol. The van der Waals surface area contributed by atoms with E-state index in [2.05, 4.69) is 17.0 Å². The lowest BCUT2D eigenvalue weighted by Crippen LogP contribution is -2.47. The van der Waals surface area contributed by atoms with Crippen LogP contribution in [0.1, 0.15) is 11.3 Å². The molecule has 3 heterocycles. The maximum Gasteiger partial charge on any atom is 0.246 e. The molecule has 1 fully saturated rings. The second-order valence-electron chi connectivity index (χ2n) is 6.43. The van der Waals surface area contributed by atoms with E-state index in [1.54, 1.807) is 24.5 Å². The van der Waals surface area contributed by atoms with Crippen LogP contribution in [0.5, 0.6) is 11.5 Å². The van der Waals surface area contributed by atoms with Crippen molar-refractivity contribution in [1.29, 1.82) is 0 Å². The minimum atomic E-state index is 0.0281. The van der Waals surface area contributed by atoms with E-state index in [-0.39, 0.29) is 5.91 Å². The largest absolute Gasteiger partial charge is 0.486 e. The molecule has 6 nitrogen and oxygen atoms in total. The van der Waals surface area contributed by atoms with Crippen molar-refractivity contribution in [3.05, 3.63) is 54.0 Å². The van der Waals surface area contributed by atoms with Crippen molar-refractivity contribution >= 4 is 12.0 Å². The molecule has 0 N–H and O–H groups in total. The van der Waals surface area contributed by atoms with Gasteiger partial charge in [-0.15, -0.1) is 0 Å². The van der Waals surface area contributed by atoms with Gasteiger partial charge in [-0.25, -0.2) is 0 Å². The van der Waals surface area contributed by atoms with E-state index >= 15 is 0 Å². The van der Waals surface area contributed by atoms with E-state index in [9.17, 15) is 4.79 Å². The summed E-state index contributed by atoms with van der Waals surface area (Å²) >= 11 is 0. The minimum Gasteiger partial charge on any atom is -0.486 e. The van der Waals surface area contributed by atoms with Crippen LogP contribution < -0.4 is 9.47 Å². The Morgan fingerprint density at radius 3 is 2.62 bits per heavy atom. The van der Waals surface area contributed by atoms with E-state index in [1.807, 2.05) is 17.0 Å². The highest BCUT2D eigenvalue weighted by atomic mass is 16.6. The summed E-state index contributed by atoms with van der Waals surface area (Å²) in [7, 11) is 0. The predicted molar refractivity (Wildman–Crippen MR) is 97.0 cm³/mol. The number of fused-ring (bicyclic) bond motifs is 1. The Labute approximate surface area is 152 Å². The van der Waals surface area contributed by atoms with E-state index in [1.165, 1.54) is 5.56 Å². The molecule has 0 unspecified atom stereocenters. The first-order valence-corrected chi connectivity index (χ1v) is 8.89. The van der Waals surface area contributed by atoms with Crippen molar-refractivity contribution in [1.82, 2.24) is 9.80 Å². The molecule has 0 radical (unpaired) electrons. The van der Waals surface area contributed by atoms with Crippen LogP contribution in [0.4, 0.5) is 0 Å². The topological polar surface area (TPSA) is 55.2 Å². The molecule has 2 aromatic rings. The Balaban J connectivity index is 1.29. The number of benzene rings is 1. The highest BCUT2D eigenvalue weighted by Gasteiger charge is 2.20. The van der Waals surface area contributed by atoms with E-state index < -0.39 is 0 Å². The first kappa shape index (κ1) is 16.7. The normalized spacial score (nSPS) is 17.6. The number of furan rings is 1. The summed E-state index contributed by atoms with van der Waals surface area (Å²) in [6.07, 6.45) is 4.89. The molecule has 1 aromatic heterocycles. The first-order chi connectivity index (χ1) is 12.8. The molecule has 0 bridgehead atoms. The van der Waals surface area contributed by atoms with Gasteiger partial charge in [-0.05, 0) is 35.9 Å². The summed E-state index contributed by atoms with van der Waals surface area (Å²) < 4.78 is 16.4. The number of amides is 1. The van der Waals surface area contributed by atoms with Gasteiger partial charge in [0.25, 0.3) is 0 Å². The fourth-order valence-corrected chi connectivity index (χ4v) is 3.22. The molecule has 0 atom stereocenters. The third kappa shape index (κ3) is 3.91. The smallest absolute Gasteiger partial charge is 0.246 e. The molecule has 4 rings (SSSR count). The number of carbonyl (C=O) groups excluding carboxylic acids is 1. The van der Waals surface area contributed by atoms with Crippen molar-refractivity contribution < 1.29 is 18.7 Å². The number of carbonyl (C=O) groups is 1. The van der Waals surface area contributed by atoms with Gasteiger partial charge in [-0.2, -0.15) is 0 Å². The van der Waals surface area contributed by atoms with Gasteiger partial charge in [0.15, 0.2) is 11.5 Å². The van der Waals surface area contributed by atoms with E-state index in [0.29, 0.717) is 19.0 Å². The summed E-state index contributed by atoms with van der Waals surface area (Å²) in [5.41, 5.74) is 1.20. The van der Waals surface area contributed by atoms with Crippen molar-refractivity contribution in [2.75, 3.05) is 39.4 Å². The number of rotatable bonds is 4. The zero-order chi connectivity index (χ0) is 17.8. The van der Waals surface area contributed by atoms with Crippen LogP contribution in [0.25, 0.3) is 6.08 Å². The SMILES string of the molecule is O=C(C=Cc1ccco1)N1CCN(Cc2ccc3c(c2)OCCO3)CC1. The predicted octanol–water partition coefficient (Wildman–Crippen LogP) is 2.41. The molecule has 0 spiro atoms. The lowest BCUT2D eigenvalue weighted by atomic mass is 10.1. The molecule has 6 heteroatoms. The molecular weight excluding hydrogens is 332 g/mol. The molecule has 2 aliphatic heterocycles. The maximum absolute atomic E-state index is 12.3. The van der Waals surface area contributed by atoms with E-state index in [0.717, 1.165) is 44.2 Å². The minimum absolute atomic E-state index is 0.0281. The average molecular weight is 354 g/mol. The quantitative estimate of drug-likeness (QED) is 0.789. The molecule has 1 saturated heterocycles. The molecule has 26 heavy (non-hydrogen) atoms. The zero-order valence-electron chi connectivity index (χ0n) is 14.6. The van der Waals surface area contributed by atoms with Crippen molar-refractivity contribution in [3.8, 4) is 11.5 Å². The van der Waals surface area contributed by atoms with Crippen LogP contribution >= 0.6 is 0 Å². The third-order valence-electron chi connectivity index (χ3n) is 4.63. The van der Waals surface area contributed by atoms with Crippen LogP contribution in [-0.2, 0) is 11.3 Å². The van der Waals surface area contributed by atoms with Crippen molar-refractivity contribution in [2.24, 2.45) is 0 Å². The third-order valence-corrected chi connectivity index (χ3v) is 4.63. The van der Waals surface area contributed by atoms with Crippen LogP contribution in [0, 0.1) is 0 Å². The molecule has 136 valence electrons. The molecule has 0 aliphatic carbocycles. The zero-order valence-corrected chi connectivity index (χ0v) is 14.6. The maximum atomic E-state index is 12.3. The molecule has 1 amide bonds. The second kappa shape index (κ2) is 7.66. The van der Waals surface area contributed by atoms with Gasteiger partial charge >= 0.3 is 0 Å². The van der Waals surface area contributed by atoms with Gasteiger partial charge in [-0.1, -0.05) is 6.07 Å². The van der Waals surface area contributed by atoms with Gasteiger partial charge in [0, 0.05) is 38.8 Å². The highest BCUT2D eigenvalue weighted by Crippen LogP contribution is 2.31. The van der Waals surface area contributed by atoms with E-state index in [4.69, 9.17) is 13.9 Å². The van der Waals surface area contributed by atoms with Crippen LogP contribution in [0.2, 0.25) is 0 Å². The standard InChI is InChI=1S/C20H22N2O4/c23-20(6-4-17-2-1-11-24-17)22-9-7-21(8-10-22)15-16-3-5-18-19(14-16)26-13-12-25-18/h1-6,11,14H,7-10,12-13,15H2. The highest BCUT2D eigenvalue weighted by molar-refractivity contribution is 5.91. The second-order valence-corrected chi connectivity index (χ2v) is 6.43. The van der Waals surface area contributed by atoms with Gasteiger partial charge in [0.05, 0.1) is 6.26 Å². The molecular formula is C20H22N2O4. The summed E-state index contributed by atoms with van der Waals surface area (Å²) in [5, 5.41) is 0. The van der Waals surface area contributed by atoms with Crippen molar-refractivity contribution in [2.45, 2.75) is 6.54 Å². The van der Waals surface area contributed by atoms with Crippen molar-refractivity contribution in [3.63, 3.8) is 0 Å². The van der Waals surface area contributed by atoms with Gasteiger partial charge < -0.3 is 18.8 Å². The molecule has 1 aromatic carbocycles. The van der Waals surface area contributed by atoms with Crippen LogP contribution in [-0.4, -0.2) is 55.1 Å². The lowest BCUT2D eigenvalue weighted by Gasteiger charge is -2.34. The van der Waals surface area contributed by atoms with Gasteiger partial charge in [0.2, 0.25) is 5.91 Å². The summed E-state index contributed by atoms with van der Waals surface area (Å²) in [6.45, 7) is 5.22. The molecule has 0 saturated carbocycles. The fourth-order valence-electron chi connectivity index (χ4n) is 3.22. The van der Waals surface area contributed by atoms with Crippen LogP contribution in [0.15, 0.2) is 47.1 Å². The fraction of sp³-hybridized carbons (Fsp3) is 0.350. The lowest BCUT2D eigenvalue weighted by molar-refractivity contribution is -0.127. The van der Waals surface area contributed by atoms with Gasteiger partial charge in [0.1, 0.15) is 19.0 Å². The first-order valence-electron chi connectivity index (χ1n) is 8.89. The Kier molecular flexibility index (Phi) is 4.93. The summed E-state index contributed by atoms with van der Waals surface area (Å²) in [6, 6.07) is 9.74. The Morgan fingerprint density at radius 1 is 1.04 bits per heavy atom.